The molecule has 9 nitrogen and oxygen atoms in total. The van der Waals surface area contributed by atoms with Gasteiger partial charge in [0.1, 0.15) is 19.3 Å². The molecule has 168 valence electrons. The second kappa shape index (κ2) is 10.5. The van der Waals surface area contributed by atoms with Crippen LogP contribution >= 0.6 is 0 Å². The van der Waals surface area contributed by atoms with Gasteiger partial charge in [-0.15, -0.1) is 0 Å². The summed E-state index contributed by atoms with van der Waals surface area (Å²) in [5, 5.41) is 10.5. The summed E-state index contributed by atoms with van der Waals surface area (Å²) in [4.78, 5) is 19.6. The maximum Gasteiger partial charge on any atom is 0.256 e. The Bertz CT molecular complexity index is 1000. The lowest BCUT2D eigenvalue weighted by Gasteiger charge is -2.26. The molecule has 0 aliphatic heterocycles. The second-order valence-corrected chi connectivity index (χ2v) is 8.51. The van der Waals surface area contributed by atoms with Gasteiger partial charge in [-0.25, -0.2) is 9.98 Å². The van der Waals surface area contributed by atoms with Gasteiger partial charge in [0.05, 0.1) is 40.4 Å². The predicted octanol–water partition coefficient (Wildman–Crippen LogP) is -1.30. The number of imidazole rings is 1. The number of quaternary nitrogens is 1. The molecule has 1 N–H and O–H groups in total. The number of ether oxygens (including phenoxy) is 1. The van der Waals surface area contributed by atoms with E-state index in [2.05, 4.69) is 19.9 Å². The molecule has 3 rings (SSSR count). The Balaban J connectivity index is 0.00000341. The van der Waals surface area contributed by atoms with Gasteiger partial charge < -0.3 is 36.2 Å². The maximum atomic E-state index is 10.5. The molecule has 0 radical (unpaired) electrons. The van der Waals surface area contributed by atoms with Gasteiger partial charge >= 0.3 is 0 Å². The number of aromatic nitrogens is 4. The molecule has 2 heterocycles. The van der Waals surface area contributed by atoms with Crippen molar-refractivity contribution >= 4 is 23.5 Å². The van der Waals surface area contributed by atoms with Crippen molar-refractivity contribution in [1.82, 2.24) is 24.4 Å². The van der Waals surface area contributed by atoms with Crippen molar-refractivity contribution in [2.24, 2.45) is 4.99 Å². The first-order chi connectivity index (χ1) is 14.2. The van der Waals surface area contributed by atoms with E-state index in [0.29, 0.717) is 41.2 Å². The molecule has 3 aromatic rings. The van der Waals surface area contributed by atoms with Crippen molar-refractivity contribution in [1.29, 1.82) is 0 Å². The largest absolute Gasteiger partial charge is 1.00 e. The molecule has 0 saturated heterocycles. The van der Waals surface area contributed by atoms with Gasteiger partial charge in [-0.2, -0.15) is 9.97 Å². The number of nitrogens with zero attached hydrogens (tertiary/aromatic N) is 7. The molecular weight excluding hydrogens is 418 g/mol. The number of aliphatic hydroxyl groups is 1. The lowest BCUT2D eigenvalue weighted by atomic mass is 10.2. The number of rotatable bonds is 9. The summed E-state index contributed by atoms with van der Waals surface area (Å²) >= 11 is 0. The van der Waals surface area contributed by atoms with Crippen LogP contribution in [0, 0.1) is 0 Å². The fourth-order valence-corrected chi connectivity index (χ4v) is 3.01. The van der Waals surface area contributed by atoms with E-state index >= 15 is 0 Å². The average Bonchev–Trinajstić information content (AvgIpc) is 3.06. The summed E-state index contributed by atoms with van der Waals surface area (Å²) in [6, 6.07) is 9.87. The van der Waals surface area contributed by atoms with Crippen LogP contribution in [-0.2, 0) is 13.2 Å². The summed E-state index contributed by atoms with van der Waals surface area (Å²) in [6.45, 7) is 1.34. The van der Waals surface area contributed by atoms with Crippen LogP contribution < -0.4 is 17.1 Å². The molecule has 1 atom stereocenters. The monoisotopic (exact) mass is 447 g/mol. The van der Waals surface area contributed by atoms with Crippen LogP contribution in [0.2, 0.25) is 0 Å². The lowest BCUT2D eigenvalue weighted by molar-refractivity contribution is -0.873. The number of aliphatic hydroxyl groups excluding tert-OH is 1. The Kier molecular flexibility index (Phi) is 8.32. The number of fused-ring (bicyclic) bond motifs is 1. The lowest BCUT2D eigenvalue weighted by Crippen LogP contribution is -3.00. The van der Waals surface area contributed by atoms with Crippen LogP contribution in [0.3, 0.4) is 0 Å². The molecule has 31 heavy (non-hydrogen) atoms. The van der Waals surface area contributed by atoms with E-state index in [1.54, 1.807) is 17.6 Å². The third kappa shape index (κ3) is 7.16. The summed E-state index contributed by atoms with van der Waals surface area (Å²) < 4.78 is 8.45. The molecule has 0 spiro atoms. The minimum absolute atomic E-state index is 0. The molecule has 1 unspecified atom stereocenters. The Morgan fingerprint density at radius 3 is 2.55 bits per heavy atom. The molecule has 1 aromatic carbocycles. The highest BCUT2D eigenvalue weighted by atomic mass is 35.5. The van der Waals surface area contributed by atoms with E-state index in [9.17, 15) is 5.11 Å². The first-order valence-electron chi connectivity index (χ1n) is 9.80. The zero-order chi connectivity index (χ0) is 21.7. The van der Waals surface area contributed by atoms with Crippen LogP contribution in [0.1, 0.15) is 5.56 Å². The molecule has 2 aromatic heterocycles. The number of halogens is 1. The fraction of sp³-hybridized carbons (Fsp3) is 0.429. The smallest absolute Gasteiger partial charge is 0.256 e. The SMILES string of the molecule is CN(C)/C=N/c1nc(OCc2ccccc2)c2ncn(CC(O)C[N+](C)(C)C)c2n1.[Cl-]. The summed E-state index contributed by atoms with van der Waals surface area (Å²) in [5.74, 6) is 0.650. The minimum atomic E-state index is -0.542. The highest BCUT2D eigenvalue weighted by Gasteiger charge is 2.20. The number of aliphatic imine (C=N–C) groups is 1. The maximum absolute atomic E-state index is 10.5. The van der Waals surface area contributed by atoms with Crippen molar-refractivity contribution in [3.63, 3.8) is 0 Å². The highest BCUT2D eigenvalue weighted by molar-refractivity contribution is 5.78. The standard InChI is InChI=1S/C21H30N7O2.ClH/c1-26(2)14-23-21-24-19-18(20(25-21)30-13-16-9-7-6-8-10-16)22-15-27(19)11-17(29)12-28(3,4)5;/h6-10,14-15,17,29H,11-13H2,1-5H3;1H/q+1;/p-1/b23-14+;. The van der Waals surface area contributed by atoms with E-state index < -0.39 is 6.10 Å². The van der Waals surface area contributed by atoms with E-state index in [-0.39, 0.29) is 18.4 Å². The van der Waals surface area contributed by atoms with Crippen LogP contribution in [0.15, 0.2) is 41.7 Å². The molecule has 10 heteroatoms. The number of hydrogen-bond acceptors (Lipinski definition) is 6. The van der Waals surface area contributed by atoms with Gasteiger partial charge in [0.15, 0.2) is 11.2 Å². The van der Waals surface area contributed by atoms with E-state index in [0.717, 1.165) is 5.56 Å². The Labute approximate surface area is 189 Å². The first-order valence-corrected chi connectivity index (χ1v) is 9.80. The fourth-order valence-electron chi connectivity index (χ4n) is 3.01. The molecule has 0 aliphatic carbocycles. The second-order valence-electron chi connectivity index (χ2n) is 8.51. The summed E-state index contributed by atoms with van der Waals surface area (Å²) in [6.07, 6.45) is 2.75. The van der Waals surface area contributed by atoms with Crippen LogP contribution in [0.4, 0.5) is 5.95 Å². The molecule has 0 fully saturated rings. The molecule has 0 amide bonds. The van der Waals surface area contributed by atoms with E-state index in [1.807, 2.05) is 70.1 Å². The van der Waals surface area contributed by atoms with E-state index in [4.69, 9.17) is 4.74 Å². The van der Waals surface area contributed by atoms with Crippen molar-refractivity contribution < 1.29 is 26.7 Å². The molecular formula is C21H30ClN7O2. The minimum Gasteiger partial charge on any atom is -1.00 e. The first kappa shape index (κ1) is 24.5. The van der Waals surface area contributed by atoms with Gasteiger partial charge in [0.2, 0.25) is 5.88 Å². The zero-order valence-corrected chi connectivity index (χ0v) is 19.4. The number of hydrogen-bond donors (Lipinski definition) is 1. The van der Waals surface area contributed by atoms with Crippen molar-refractivity contribution in [3.05, 3.63) is 42.2 Å². The van der Waals surface area contributed by atoms with Crippen molar-refractivity contribution in [2.75, 3.05) is 41.8 Å². The summed E-state index contributed by atoms with van der Waals surface area (Å²) in [5.41, 5.74) is 2.16. The molecule has 0 bridgehead atoms. The normalized spacial score (nSPS) is 12.7. The zero-order valence-electron chi connectivity index (χ0n) is 18.6. The third-order valence-corrected chi connectivity index (χ3v) is 4.21. The number of likely N-dealkylation sites (N-methyl/N-ethyl adjacent to an activating group) is 1. The topological polar surface area (TPSA) is 88.7 Å². The Hall–Kier alpha value is -2.75. The average molecular weight is 448 g/mol. The molecule has 0 saturated carbocycles. The van der Waals surface area contributed by atoms with Gasteiger partial charge in [-0.05, 0) is 5.56 Å². The van der Waals surface area contributed by atoms with E-state index in [1.165, 1.54) is 0 Å². The van der Waals surface area contributed by atoms with Crippen LogP contribution in [0.25, 0.3) is 11.2 Å². The van der Waals surface area contributed by atoms with Gasteiger partial charge in [-0.3, -0.25) is 0 Å². The van der Waals surface area contributed by atoms with Gasteiger partial charge in [0, 0.05) is 14.1 Å². The van der Waals surface area contributed by atoms with Crippen LogP contribution in [0.5, 0.6) is 5.88 Å². The highest BCUT2D eigenvalue weighted by Crippen LogP contribution is 2.25. The predicted molar refractivity (Wildman–Crippen MR) is 117 cm³/mol. The van der Waals surface area contributed by atoms with Crippen molar-refractivity contribution in [2.45, 2.75) is 19.3 Å². The molecule has 0 aliphatic rings. The van der Waals surface area contributed by atoms with Gasteiger partial charge in [0.25, 0.3) is 5.95 Å². The van der Waals surface area contributed by atoms with Crippen molar-refractivity contribution in [3.8, 4) is 5.88 Å². The van der Waals surface area contributed by atoms with Gasteiger partial charge in [-0.1, -0.05) is 30.3 Å². The number of benzene rings is 1. The third-order valence-electron chi connectivity index (χ3n) is 4.21. The Morgan fingerprint density at radius 1 is 1.19 bits per heavy atom. The van der Waals surface area contributed by atoms with Crippen LogP contribution in [-0.4, -0.2) is 88.2 Å². The Morgan fingerprint density at radius 2 is 1.90 bits per heavy atom. The summed E-state index contributed by atoms with van der Waals surface area (Å²) in [7, 11) is 9.88. The quantitative estimate of drug-likeness (QED) is 0.249.